The van der Waals surface area contributed by atoms with E-state index in [0.717, 1.165) is 17.7 Å². The molecule has 0 unspecified atom stereocenters. The molecule has 188 valence electrons. The van der Waals surface area contributed by atoms with Crippen LogP contribution < -0.4 is 9.47 Å². The maximum absolute atomic E-state index is 13.2. The van der Waals surface area contributed by atoms with Gasteiger partial charge in [-0.05, 0) is 60.4 Å². The first-order chi connectivity index (χ1) is 16.9. The van der Waals surface area contributed by atoms with E-state index in [9.17, 15) is 4.79 Å². The molecular weight excluding hydrogens is 442 g/mol. The van der Waals surface area contributed by atoms with E-state index in [4.69, 9.17) is 18.6 Å². The SMILES string of the molecule is COc1ccc(CN(Cc2ccco2)C[C@@H]2C(=O)O[C@@H]3C[C@]4(C)CCC[C@@H](C)C4=C[C@@H]23)cc1OC. The van der Waals surface area contributed by atoms with Crippen LogP contribution in [0.4, 0.5) is 0 Å². The van der Waals surface area contributed by atoms with E-state index in [2.05, 4.69) is 24.8 Å². The fourth-order valence-corrected chi connectivity index (χ4v) is 6.58. The Kier molecular flexibility index (Phi) is 6.67. The van der Waals surface area contributed by atoms with Gasteiger partial charge < -0.3 is 18.6 Å². The monoisotopic (exact) mass is 479 g/mol. The number of rotatable bonds is 8. The Labute approximate surface area is 208 Å². The Morgan fingerprint density at radius 2 is 1.97 bits per heavy atom. The Morgan fingerprint density at radius 1 is 1.14 bits per heavy atom. The Hall–Kier alpha value is -2.73. The average Bonchev–Trinajstić information content (AvgIpc) is 3.45. The first kappa shape index (κ1) is 24.0. The number of benzene rings is 1. The van der Waals surface area contributed by atoms with Crippen molar-refractivity contribution < 1.29 is 23.4 Å². The minimum absolute atomic E-state index is 0.0157. The van der Waals surface area contributed by atoms with E-state index in [1.807, 2.05) is 30.3 Å². The van der Waals surface area contributed by atoms with Gasteiger partial charge in [-0.1, -0.05) is 38.0 Å². The summed E-state index contributed by atoms with van der Waals surface area (Å²) in [5.74, 6) is 2.75. The summed E-state index contributed by atoms with van der Waals surface area (Å²) in [6.45, 7) is 6.60. The topological polar surface area (TPSA) is 61.1 Å². The number of furan rings is 1. The molecule has 5 atom stereocenters. The van der Waals surface area contributed by atoms with Crippen molar-refractivity contribution in [1.29, 1.82) is 0 Å². The van der Waals surface area contributed by atoms with Crippen molar-refractivity contribution in [3.05, 3.63) is 59.6 Å². The molecule has 1 aliphatic heterocycles. The summed E-state index contributed by atoms with van der Waals surface area (Å²) in [6.07, 6.45) is 8.74. The molecule has 0 bridgehead atoms. The quantitative estimate of drug-likeness (QED) is 0.362. The summed E-state index contributed by atoms with van der Waals surface area (Å²) in [5.41, 5.74) is 2.81. The lowest BCUT2D eigenvalue weighted by molar-refractivity contribution is -0.145. The summed E-state index contributed by atoms with van der Waals surface area (Å²) >= 11 is 0. The standard InChI is InChI=1S/C29H37NO5/c1-19-7-5-11-29(2)15-27-22(14-24(19)29)23(28(31)35-27)18-30(17-21-8-6-12-34-21)16-20-9-10-25(32-3)26(13-20)33-4/h6,8-10,12-14,19,22-23,27H,5,7,11,15-18H2,1-4H3/t19-,22+,23+,27-,29+/m1/s1. The fourth-order valence-electron chi connectivity index (χ4n) is 6.58. The van der Waals surface area contributed by atoms with Crippen LogP contribution in [-0.2, 0) is 22.6 Å². The number of ether oxygens (including phenoxy) is 3. The maximum Gasteiger partial charge on any atom is 0.311 e. The summed E-state index contributed by atoms with van der Waals surface area (Å²) in [5, 5.41) is 0. The van der Waals surface area contributed by atoms with Crippen molar-refractivity contribution in [2.45, 2.75) is 58.7 Å². The molecule has 2 heterocycles. The third-order valence-corrected chi connectivity index (χ3v) is 8.35. The molecule has 0 spiro atoms. The molecule has 0 radical (unpaired) electrons. The van der Waals surface area contributed by atoms with Gasteiger partial charge in [-0.25, -0.2) is 0 Å². The maximum atomic E-state index is 13.2. The third-order valence-electron chi connectivity index (χ3n) is 8.35. The number of nitrogens with zero attached hydrogens (tertiary/aromatic N) is 1. The molecule has 5 rings (SSSR count). The van der Waals surface area contributed by atoms with Crippen LogP contribution in [0.25, 0.3) is 0 Å². The molecule has 2 aromatic rings. The van der Waals surface area contributed by atoms with Crippen molar-refractivity contribution in [2.75, 3.05) is 20.8 Å². The van der Waals surface area contributed by atoms with Gasteiger partial charge in [0.2, 0.25) is 0 Å². The molecule has 3 aliphatic rings. The van der Waals surface area contributed by atoms with Crippen molar-refractivity contribution in [3.8, 4) is 11.5 Å². The molecule has 2 aliphatic carbocycles. The van der Waals surface area contributed by atoms with Gasteiger partial charge >= 0.3 is 5.97 Å². The van der Waals surface area contributed by atoms with Crippen LogP contribution in [0.3, 0.4) is 0 Å². The van der Waals surface area contributed by atoms with Gasteiger partial charge in [0, 0.05) is 19.0 Å². The first-order valence-corrected chi connectivity index (χ1v) is 12.8. The van der Waals surface area contributed by atoms with Gasteiger partial charge in [0.1, 0.15) is 11.9 Å². The van der Waals surface area contributed by atoms with E-state index in [0.29, 0.717) is 37.1 Å². The zero-order valence-electron chi connectivity index (χ0n) is 21.3. The predicted octanol–water partition coefficient (Wildman–Crippen LogP) is 5.61. The lowest BCUT2D eigenvalue weighted by atomic mass is 9.59. The molecule has 6 heteroatoms. The molecular formula is C29H37NO5. The van der Waals surface area contributed by atoms with Crippen LogP contribution in [-0.4, -0.2) is 37.7 Å². The molecule has 35 heavy (non-hydrogen) atoms. The molecule has 1 aromatic carbocycles. The Balaban J connectivity index is 1.40. The highest BCUT2D eigenvalue weighted by molar-refractivity contribution is 5.76. The van der Waals surface area contributed by atoms with Gasteiger partial charge in [0.15, 0.2) is 11.5 Å². The average molecular weight is 480 g/mol. The number of esters is 1. The Morgan fingerprint density at radius 3 is 2.71 bits per heavy atom. The van der Waals surface area contributed by atoms with E-state index >= 15 is 0 Å². The van der Waals surface area contributed by atoms with Crippen LogP contribution in [0, 0.1) is 23.2 Å². The molecule has 0 amide bonds. The van der Waals surface area contributed by atoms with Gasteiger partial charge in [-0.15, -0.1) is 0 Å². The lowest BCUT2D eigenvalue weighted by Crippen LogP contribution is -2.40. The molecule has 0 N–H and O–H groups in total. The normalized spacial score (nSPS) is 29.9. The number of allylic oxidation sites excluding steroid dienone is 1. The number of methoxy groups -OCH3 is 2. The van der Waals surface area contributed by atoms with Gasteiger partial charge in [-0.2, -0.15) is 0 Å². The van der Waals surface area contributed by atoms with E-state index in [1.54, 1.807) is 26.1 Å². The van der Waals surface area contributed by atoms with Gasteiger partial charge in [-0.3, -0.25) is 9.69 Å². The Bertz CT molecular complexity index is 1080. The molecule has 1 saturated heterocycles. The second-order valence-electron chi connectivity index (χ2n) is 10.8. The number of hydrogen-bond donors (Lipinski definition) is 0. The first-order valence-electron chi connectivity index (χ1n) is 12.8. The minimum Gasteiger partial charge on any atom is -0.493 e. The molecule has 1 saturated carbocycles. The highest BCUT2D eigenvalue weighted by Crippen LogP contribution is 2.54. The number of carbonyl (C=O) groups excluding carboxylic acids is 1. The fraction of sp³-hybridized carbons (Fsp3) is 0.552. The zero-order chi connectivity index (χ0) is 24.6. The smallest absolute Gasteiger partial charge is 0.311 e. The second-order valence-corrected chi connectivity index (χ2v) is 10.8. The van der Waals surface area contributed by atoms with Crippen LogP contribution in [0.15, 0.2) is 52.7 Å². The summed E-state index contributed by atoms with van der Waals surface area (Å²) in [6, 6.07) is 9.86. The summed E-state index contributed by atoms with van der Waals surface area (Å²) in [4.78, 5) is 15.5. The van der Waals surface area contributed by atoms with Crippen molar-refractivity contribution in [2.24, 2.45) is 23.2 Å². The van der Waals surface area contributed by atoms with E-state index in [1.165, 1.54) is 19.3 Å². The van der Waals surface area contributed by atoms with E-state index in [-0.39, 0.29) is 29.3 Å². The third kappa shape index (κ3) is 4.73. The zero-order valence-corrected chi connectivity index (χ0v) is 21.3. The largest absolute Gasteiger partial charge is 0.493 e. The molecule has 1 aromatic heterocycles. The molecule has 6 nitrogen and oxygen atoms in total. The van der Waals surface area contributed by atoms with Crippen LogP contribution >= 0.6 is 0 Å². The number of hydrogen-bond acceptors (Lipinski definition) is 6. The van der Waals surface area contributed by atoms with Crippen LogP contribution in [0.5, 0.6) is 11.5 Å². The number of carbonyl (C=O) groups is 1. The van der Waals surface area contributed by atoms with Crippen molar-refractivity contribution in [1.82, 2.24) is 4.90 Å². The lowest BCUT2D eigenvalue weighted by Gasteiger charge is -2.46. The van der Waals surface area contributed by atoms with Crippen LogP contribution in [0.2, 0.25) is 0 Å². The second kappa shape index (κ2) is 9.73. The number of fused-ring (bicyclic) bond motifs is 2. The predicted molar refractivity (Wildman–Crippen MR) is 133 cm³/mol. The van der Waals surface area contributed by atoms with E-state index < -0.39 is 0 Å². The van der Waals surface area contributed by atoms with Gasteiger partial charge in [0.05, 0.1) is 32.9 Å². The highest BCUT2D eigenvalue weighted by Gasteiger charge is 2.52. The van der Waals surface area contributed by atoms with Crippen molar-refractivity contribution in [3.63, 3.8) is 0 Å². The summed E-state index contributed by atoms with van der Waals surface area (Å²) < 4.78 is 22.6. The summed E-state index contributed by atoms with van der Waals surface area (Å²) in [7, 11) is 3.28. The highest BCUT2D eigenvalue weighted by atomic mass is 16.6. The van der Waals surface area contributed by atoms with Crippen LogP contribution in [0.1, 0.15) is 50.9 Å². The van der Waals surface area contributed by atoms with Gasteiger partial charge in [0.25, 0.3) is 0 Å². The minimum atomic E-state index is -0.179. The van der Waals surface area contributed by atoms with Crippen molar-refractivity contribution >= 4 is 5.97 Å². The molecule has 2 fully saturated rings.